The van der Waals surface area contributed by atoms with Crippen molar-refractivity contribution in [3.05, 3.63) is 16.3 Å². The fraction of sp³-hybridized carbons (Fsp3) is 0.167. The van der Waals surface area contributed by atoms with Gasteiger partial charge in [0.25, 0.3) is 10.1 Å². The van der Waals surface area contributed by atoms with Gasteiger partial charge < -0.3 is 0 Å². The second-order valence-corrected chi connectivity index (χ2v) is 4.39. The predicted octanol–water partition coefficient (Wildman–Crippen LogP) is 0.647. The second-order valence-electron chi connectivity index (χ2n) is 2.00. The zero-order valence-corrected chi connectivity index (χ0v) is 7.48. The Morgan fingerprint density at radius 3 is 2.75 bits per heavy atom. The molecule has 1 aromatic heterocycles. The molecule has 1 heterocycles. The minimum Gasteiger partial charge on any atom is -0.290 e. The van der Waals surface area contributed by atoms with Crippen LogP contribution in [-0.4, -0.2) is 19.3 Å². The summed E-state index contributed by atoms with van der Waals surface area (Å²) in [5, 5.41) is 1.50. The molecule has 1 rings (SSSR count). The topological polar surface area (TPSA) is 71.4 Å². The molecular weight excluding hydrogens is 200 g/mol. The van der Waals surface area contributed by atoms with Crippen molar-refractivity contribution in [2.24, 2.45) is 0 Å². The average molecular weight is 205 g/mol. The van der Waals surface area contributed by atoms with E-state index >= 15 is 0 Å². The van der Waals surface area contributed by atoms with E-state index in [1.54, 1.807) is 6.29 Å². The lowest BCUT2D eigenvalue weighted by Gasteiger charge is -1.93. The number of carbonyl (C=O) groups excluding carboxylic acids is 1. The van der Waals surface area contributed by atoms with Crippen LogP contribution in [0.5, 0.6) is 0 Å². The van der Waals surface area contributed by atoms with Gasteiger partial charge in [0.2, 0.25) is 6.29 Å². The first-order valence-electron chi connectivity index (χ1n) is 2.94. The first kappa shape index (κ1) is 9.37. The molecule has 4 nitrogen and oxygen atoms in total. The van der Waals surface area contributed by atoms with Crippen LogP contribution < -0.4 is 0 Å². The predicted molar refractivity (Wildman–Crippen MR) is 43.5 cm³/mol. The Morgan fingerprint density at radius 1 is 1.58 bits per heavy atom. The number of rotatable bonds is 3. The van der Waals surface area contributed by atoms with Crippen LogP contribution in [0.2, 0.25) is 0 Å². The number of thiophene rings is 1. The van der Waals surface area contributed by atoms with Crippen molar-refractivity contribution in [1.29, 1.82) is 0 Å². The summed E-state index contributed by atoms with van der Waals surface area (Å²) in [6.45, 7) is 0. The maximum Gasteiger partial charge on any atom is 0.295 e. The van der Waals surface area contributed by atoms with E-state index in [2.05, 4.69) is 0 Å². The molecule has 0 atom stereocenters. The molecule has 0 aromatic carbocycles. The van der Waals surface area contributed by atoms with Gasteiger partial charge in [-0.25, -0.2) is 0 Å². The highest BCUT2D eigenvalue weighted by Crippen LogP contribution is 2.21. The summed E-state index contributed by atoms with van der Waals surface area (Å²) in [6, 6.07) is 1.26. The molecule has 1 N–H and O–H groups in total. The van der Waals surface area contributed by atoms with E-state index in [-0.39, 0.29) is 11.3 Å². The monoisotopic (exact) mass is 205 g/mol. The molecule has 1 radical (unpaired) electrons. The van der Waals surface area contributed by atoms with E-state index in [9.17, 15) is 13.2 Å². The summed E-state index contributed by atoms with van der Waals surface area (Å²) in [4.78, 5) is 10.1. The highest BCUT2D eigenvalue weighted by molar-refractivity contribution is 7.86. The van der Waals surface area contributed by atoms with Crippen molar-refractivity contribution < 1.29 is 17.8 Å². The third-order valence-electron chi connectivity index (χ3n) is 1.22. The molecule has 0 unspecified atom stereocenters. The molecule has 0 saturated heterocycles. The van der Waals surface area contributed by atoms with Crippen molar-refractivity contribution in [3.63, 3.8) is 0 Å². The van der Waals surface area contributed by atoms with E-state index in [4.69, 9.17) is 4.55 Å². The second kappa shape index (κ2) is 3.34. The summed E-state index contributed by atoms with van der Waals surface area (Å²) >= 11 is 1.10. The molecular formula is C6H5O4S2. The lowest BCUT2D eigenvalue weighted by Crippen LogP contribution is -1.99. The molecule has 6 heteroatoms. The molecule has 0 aliphatic rings. The maximum atomic E-state index is 10.6. The lowest BCUT2D eigenvalue weighted by molar-refractivity contribution is 0.483. The molecule has 0 fully saturated rings. The normalized spacial score (nSPS) is 11.4. The van der Waals surface area contributed by atoms with E-state index in [1.807, 2.05) is 0 Å². The Kier molecular flexibility index (Phi) is 2.61. The minimum atomic E-state index is -4.18. The molecule has 0 amide bonds. The Labute approximate surface area is 73.6 Å². The van der Waals surface area contributed by atoms with E-state index in [0.29, 0.717) is 4.88 Å². The Morgan fingerprint density at radius 2 is 2.25 bits per heavy atom. The highest BCUT2D eigenvalue weighted by atomic mass is 32.2. The first-order chi connectivity index (χ1) is 5.55. The Bertz CT molecular complexity index is 376. The van der Waals surface area contributed by atoms with E-state index < -0.39 is 10.1 Å². The zero-order chi connectivity index (χ0) is 9.19. The van der Waals surface area contributed by atoms with Crippen molar-refractivity contribution in [2.75, 3.05) is 0 Å². The quantitative estimate of drug-likeness (QED) is 0.735. The van der Waals surface area contributed by atoms with Gasteiger partial charge in [-0.2, -0.15) is 8.42 Å². The van der Waals surface area contributed by atoms with Gasteiger partial charge in [0.15, 0.2) is 0 Å². The fourth-order valence-corrected chi connectivity index (χ4v) is 2.59. The van der Waals surface area contributed by atoms with Gasteiger partial charge in [0.1, 0.15) is 4.90 Å². The first-order valence-corrected chi connectivity index (χ1v) is 5.26. The summed E-state index contributed by atoms with van der Waals surface area (Å²) in [5.41, 5.74) is 0. The van der Waals surface area contributed by atoms with Gasteiger partial charge in [-0.3, -0.25) is 9.35 Å². The smallest absolute Gasteiger partial charge is 0.290 e. The lowest BCUT2D eigenvalue weighted by atomic mass is 10.4. The molecule has 0 bridgehead atoms. The number of hydrogen-bond acceptors (Lipinski definition) is 4. The van der Waals surface area contributed by atoms with Crippen LogP contribution in [0, 0.1) is 0 Å². The molecule has 0 aliphatic heterocycles. The van der Waals surface area contributed by atoms with Gasteiger partial charge >= 0.3 is 0 Å². The van der Waals surface area contributed by atoms with E-state index in [0.717, 1.165) is 11.3 Å². The molecule has 0 aliphatic carbocycles. The van der Waals surface area contributed by atoms with Crippen molar-refractivity contribution >= 4 is 27.7 Å². The van der Waals surface area contributed by atoms with Gasteiger partial charge in [0.05, 0.1) is 0 Å². The Hall–Kier alpha value is -0.720. The minimum absolute atomic E-state index is 0.104. The molecule has 0 spiro atoms. The highest BCUT2D eigenvalue weighted by Gasteiger charge is 2.15. The van der Waals surface area contributed by atoms with Crippen molar-refractivity contribution in [3.8, 4) is 0 Å². The van der Waals surface area contributed by atoms with Crippen LogP contribution in [0.15, 0.2) is 16.3 Å². The fourth-order valence-electron chi connectivity index (χ4n) is 0.753. The van der Waals surface area contributed by atoms with Crippen LogP contribution in [0.25, 0.3) is 0 Å². The summed E-state index contributed by atoms with van der Waals surface area (Å²) in [7, 11) is -4.18. The van der Waals surface area contributed by atoms with Crippen LogP contribution >= 0.6 is 11.3 Å². The largest absolute Gasteiger partial charge is 0.295 e. The third-order valence-corrected chi connectivity index (χ3v) is 3.20. The molecule has 65 valence electrons. The van der Waals surface area contributed by atoms with Gasteiger partial charge in [-0.05, 0) is 11.4 Å². The van der Waals surface area contributed by atoms with Crippen LogP contribution in [-0.2, 0) is 21.3 Å². The van der Waals surface area contributed by atoms with Crippen molar-refractivity contribution in [2.45, 2.75) is 11.3 Å². The summed E-state index contributed by atoms with van der Waals surface area (Å²) < 4.78 is 29.9. The zero-order valence-electron chi connectivity index (χ0n) is 5.85. The van der Waals surface area contributed by atoms with Crippen molar-refractivity contribution in [1.82, 2.24) is 0 Å². The third kappa shape index (κ3) is 1.90. The maximum absolute atomic E-state index is 10.6. The molecule has 0 saturated carbocycles. The van der Waals surface area contributed by atoms with Gasteiger partial charge in [-0.15, -0.1) is 11.3 Å². The van der Waals surface area contributed by atoms with Crippen LogP contribution in [0.3, 0.4) is 0 Å². The number of hydrogen-bond donors (Lipinski definition) is 1. The van der Waals surface area contributed by atoms with Crippen LogP contribution in [0.1, 0.15) is 4.88 Å². The standard InChI is InChI=1S/C6H5O4S2/c7-3-1-5-6(2-4-11-5)12(8,9)10/h2,4H,1H2,(H,8,9,10). The summed E-state index contributed by atoms with van der Waals surface area (Å²) in [5.74, 6) is 0. The van der Waals surface area contributed by atoms with Gasteiger partial charge in [0, 0.05) is 11.3 Å². The SMILES string of the molecule is O=[C]Cc1sccc1S(=O)(=O)O. The molecule has 12 heavy (non-hydrogen) atoms. The van der Waals surface area contributed by atoms with E-state index in [1.165, 1.54) is 11.4 Å². The van der Waals surface area contributed by atoms with Crippen LogP contribution in [0.4, 0.5) is 0 Å². The van der Waals surface area contributed by atoms with Gasteiger partial charge in [-0.1, -0.05) is 0 Å². The molecule has 1 aromatic rings. The average Bonchev–Trinajstić information content (AvgIpc) is 2.34. The summed E-state index contributed by atoms with van der Waals surface area (Å²) in [6.07, 6.45) is 1.46. The Balaban J connectivity index is 3.16.